The topological polar surface area (TPSA) is 49.2 Å². The third-order valence-corrected chi connectivity index (χ3v) is 4.07. The van der Waals surface area contributed by atoms with E-state index >= 15 is 0 Å². The molecule has 18 heavy (non-hydrogen) atoms. The highest BCUT2D eigenvalue weighted by Crippen LogP contribution is 2.17. The molecule has 2 aromatic rings. The number of nitrogens with zero attached hydrogens (tertiary/aromatic N) is 3. The van der Waals surface area contributed by atoms with Crippen molar-refractivity contribution in [3.05, 3.63) is 23.8 Å². The van der Waals surface area contributed by atoms with Crippen LogP contribution in [0.4, 0.5) is 0 Å². The maximum Gasteiger partial charge on any atom is 0.105 e. The van der Waals surface area contributed by atoms with Crippen molar-refractivity contribution in [1.82, 2.24) is 13.6 Å². The summed E-state index contributed by atoms with van der Waals surface area (Å²) in [4.78, 5) is 2.41. The van der Waals surface area contributed by atoms with Crippen LogP contribution in [-0.2, 0) is 6.54 Å². The minimum absolute atomic E-state index is 0.111. The van der Waals surface area contributed by atoms with E-state index in [4.69, 9.17) is 0 Å². The van der Waals surface area contributed by atoms with E-state index in [9.17, 15) is 5.11 Å². The van der Waals surface area contributed by atoms with Crippen molar-refractivity contribution in [2.75, 3.05) is 13.1 Å². The second-order valence-corrected chi connectivity index (χ2v) is 5.48. The van der Waals surface area contributed by atoms with Crippen LogP contribution in [-0.4, -0.2) is 37.9 Å². The molecule has 0 bridgehead atoms. The van der Waals surface area contributed by atoms with E-state index in [1.54, 1.807) is 0 Å². The molecule has 5 heteroatoms. The lowest BCUT2D eigenvalue weighted by Gasteiger charge is -2.19. The molecule has 4 nitrogen and oxygen atoms in total. The van der Waals surface area contributed by atoms with Crippen LogP contribution in [0, 0.1) is 0 Å². The maximum absolute atomic E-state index is 9.64. The fourth-order valence-electron chi connectivity index (χ4n) is 2.48. The van der Waals surface area contributed by atoms with Crippen LogP contribution in [0.1, 0.15) is 24.8 Å². The normalized spacial score (nSPS) is 22.2. The van der Waals surface area contributed by atoms with Crippen LogP contribution in [0.25, 0.3) is 11.0 Å². The number of benzene rings is 1. The van der Waals surface area contributed by atoms with Crippen molar-refractivity contribution in [3.63, 3.8) is 0 Å². The van der Waals surface area contributed by atoms with Gasteiger partial charge in [0.25, 0.3) is 0 Å². The zero-order valence-corrected chi connectivity index (χ0v) is 11.1. The minimum atomic E-state index is -0.111. The van der Waals surface area contributed by atoms with Gasteiger partial charge in [0.1, 0.15) is 11.0 Å². The molecule has 0 unspecified atom stereocenters. The van der Waals surface area contributed by atoms with E-state index < -0.39 is 0 Å². The first-order valence-corrected chi connectivity index (χ1v) is 7.16. The van der Waals surface area contributed by atoms with Crippen molar-refractivity contribution in [2.24, 2.45) is 0 Å². The van der Waals surface area contributed by atoms with Gasteiger partial charge in [-0.3, -0.25) is 4.90 Å². The molecule has 96 valence electrons. The van der Waals surface area contributed by atoms with Gasteiger partial charge in [-0.2, -0.15) is 8.75 Å². The standard InChI is InChI=1S/C13H17N3OS/c17-11-2-1-6-16(7-5-11)9-10-3-4-12-13(8-10)15-18-14-12/h3-4,8,11,17H,1-2,5-7,9H2/t11-/m1/s1. The summed E-state index contributed by atoms with van der Waals surface area (Å²) >= 11 is 1.26. The van der Waals surface area contributed by atoms with Gasteiger partial charge in [-0.1, -0.05) is 6.07 Å². The zero-order valence-electron chi connectivity index (χ0n) is 10.2. The molecule has 0 aliphatic carbocycles. The predicted molar refractivity (Wildman–Crippen MR) is 72.5 cm³/mol. The highest BCUT2D eigenvalue weighted by Gasteiger charge is 2.15. The Morgan fingerprint density at radius 2 is 2.11 bits per heavy atom. The number of aromatic nitrogens is 2. The number of hydrogen-bond acceptors (Lipinski definition) is 5. The van der Waals surface area contributed by atoms with Crippen molar-refractivity contribution >= 4 is 22.8 Å². The summed E-state index contributed by atoms with van der Waals surface area (Å²) in [5.41, 5.74) is 3.26. The predicted octanol–water partition coefficient (Wildman–Crippen LogP) is 2.04. The minimum Gasteiger partial charge on any atom is -0.393 e. The van der Waals surface area contributed by atoms with Crippen LogP contribution < -0.4 is 0 Å². The van der Waals surface area contributed by atoms with Gasteiger partial charge in [-0.15, -0.1) is 0 Å². The third kappa shape index (κ3) is 2.68. The summed E-state index contributed by atoms with van der Waals surface area (Å²) < 4.78 is 8.49. The van der Waals surface area contributed by atoms with E-state index in [1.165, 1.54) is 17.3 Å². The number of likely N-dealkylation sites (tertiary alicyclic amines) is 1. The van der Waals surface area contributed by atoms with Gasteiger partial charge in [0.2, 0.25) is 0 Å². The van der Waals surface area contributed by atoms with Gasteiger partial charge < -0.3 is 5.11 Å². The van der Waals surface area contributed by atoms with Crippen LogP contribution in [0.2, 0.25) is 0 Å². The molecule has 2 heterocycles. The first-order valence-electron chi connectivity index (χ1n) is 6.43. The molecule has 0 saturated carbocycles. The summed E-state index contributed by atoms with van der Waals surface area (Å²) in [6, 6.07) is 6.30. The molecular weight excluding hydrogens is 246 g/mol. The van der Waals surface area contributed by atoms with E-state index in [0.717, 1.165) is 49.9 Å². The molecule has 0 amide bonds. The highest BCUT2D eigenvalue weighted by atomic mass is 32.1. The number of aliphatic hydroxyl groups excluding tert-OH is 1. The highest BCUT2D eigenvalue weighted by molar-refractivity contribution is 7.00. The molecule has 0 radical (unpaired) electrons. The first-order chi connectivity index (χ1) is 8.81. The fourth-order valence-corrected chi connectivity index (χ4v) is 3.00. The van der Waals surface area contributed by atoms with Crippen molar-refractivity contribution in [2.45, 2.75) is 31.9 Å². The molecule has 3 rings (SSSR count). The lowest BCUT2D eigenvalue weighted by molar-refractivity contribution is 0.154. The van der Waals surface area contributed by atoms with Crippen molar-refractivity contribution in [1.29, 1.82) is 0 Å². The molecule has 1 atom stereocenters. The van der Waals surface area contributed by atoms with E-state index in [2.05, 4.69) is 25.8 Å². The third-order valence-electron chi connectivity index (χ3n) is 3.51. The van der Waals surface area contributed by atoms with Gasteiger partial charge in [-0.25, -0.2) is 0 Å². The molecule has 0 spiro atoms. The molecule has 1 fully saturated rings. The molecule has 1 aliphatic rings. The van der Waals surface area contributed by atoms with Crippen LogP contribution in [0.15, 0.2) is 18.2 Å². The van der Waals surface area contributed by atoms with Crippen molar-refractivity contribution < 1.29 is 5.11 Å². The Bertz CT molecular complexity index is 528. The van der Waals surface area contributed by atoms with Gasteiger partial charge in [0.05, 0.1) is 17.8 Å². The smallest absolute Gasteiger partial charge is 0.105 e. The number of hydrogen-bond donors (Lipinski definition) is 1. The Balaban J connectivity index is 1.71. The average molecular weight is 263 g/mol. The maximum atomic E-state index is 9.64. The molecular formula is C13H17N3OS. The Labute approximate surface area is 111 Å². The largest absolute Gasteiger partial charge is 0.393 e. The fraction of sp³-hybridized carbons (Fsp3) is 0.538. The van der Waals surface area contributed by atoms with Gasteiger partial charge in [0, 0.05) is 13.1 Å². The first kappa shape index (κ1) is 12.0. The zero-order chi connectivity index (χ0) is 12.4. The SMILES string of the molecule is O[C@@H]1CCCN(Cc2ccc3nsnc3c2)CC1. The second kappa shape index (κ2) is 5.30. The Kier molecular flexibility index (Phi) is 3.54. The molecule has 1 aliphatic heterocycles. The summed E-state index contributed by atoms with van der Waals surface area (Å²) in [7, 11) is 0. The van der Waals surface area contributed by atoms with Gasteiger partial charge in [0.15, 0.2) is 0 Å². The monoisotopic (exact) mass is 263 g/mol. The number of rotatable bonds is 2. The quantitative estimate of drug-likeness (QED) is 0.901. The Hall–Kier alpha value is -1.04. The van der Waals surface area contributed by atoms with Crippen LogP contribution in [0.5, 0.6) is 0 Å². The second-order valence-electron chi connectivity index (χ2n) is 4.95. The lowest BCUT2D eigenvalue weighted by atomic mass is 10.2. The molecule has 1 aromatic carbocycles. The van der Waals surface area contributed by atoms with E-state index in [1.807, 2.05) is 6.07 Å². The molecule has 1 N–H and O–H groups in total. The van der Waals surface area contributed by atoms with Crippen molar-refractivity contribution in [3.8, 4) is 0 Å². The van der Waals surface area contributed by atoms with Gasteiger partial charge >= 0.3 is 0 Å². The molecule has 1 saturated heterocycles. The van der Waals surface area contributed by atoms with Crippen LogP contribution in [0.3, 0.4) is 0 Å². The average Bonchev–Trinajstić information content (AvgIpc) is 2.74. The summed E-state index contributed by atoms with van der Waals surface area (Å²) in [5.74, 6) is 0. The molecule has 1 aromatic heterocycles. The summed E-state index contributed by atoms with van der Waals surface area (Å²) in [5, 5.41) is 9.64. The van der Waals surface area contributed by atoms with Gasteiger partial charge in [-0.05, 0) is 43.5 Å². The van der Waals surface area contributed by atoms with E-state index in [-0.39, 0.29) is 6.10 Å². The number of aliphatic hydroxyl groups is 1. The summed E-state index contributed by atoms with van der Waals surface area (Å²) in [6.07, 6.45) is 2.80. The van der Waals surface area contributed by atoms with E-state index in [0.29, 0.717) is 0 Å². The number of fused-ring (bicyclic) bond motifs is 1. The lowest BCUT2D eigenvalue weighted by Crippen LogP contribution is -2.24. The Morgan fingerprint density at radius 3 is 3.06 bits per heavy atom. The van der Waals surface area contributed by atoms with Crippen LogP contribution >= 0.6 is 11.7 Å². The summed E-state index contributed by atoms with van der Waals surface area (Å²) in [6.45, 7) is 3.00. The Morgan fingerprint density at radius 1 is 1.22 bits per heavy atom.